The topological polar surface area (TPSA) is 126 Å². The molecule has 0 spiro atoms. The Morgan fingerprint density at radius 2 is 2.00 bits per heavy atom. The van der Waals surface area contributed by atoms with Crippen LogP contribution in [0.2, 0.25) is 0 Å². The number of hydrogen-bond acceptors (Lipinski definition) is 9. The molecule has 0 radical (unpaired) electrons. The maximum atomic E-state index is 10.4. The van der Waals surface area contributed by atoms with Crippen LogP contribution in [0.5, 0.6) is 0 Å². The number of anilines is 1. The summed E-state index contributed by atoms with van der Waals surface area (Å²) in [5.41, 5.74) is 1.13. The molecule has 1 saturated carbocycles. The van der Waals surface area contributed by atoms with Gasteiger partial charge in [-0.25, -0.2) is 15.0 Å². The average Bonchev–Trinajstić information content (AvgIpc) is 3.24. The summed E-state index contributed by atoms with van der Waals surface area (Å²) in [5, 5.41) is 34.3. The minimum Gasteiger partial charge on any atom is -0.394 e. The molecule has 4 N–H and O–H groups in total. The maximum absolute atomic E-state index is 10.4. The van der Waals surface area contributed by atoms with Crippen LogP contribution in [0.25, 0.3) is 11.2 Å². The van der Waals surface area contributed by atoms with Gasteiger partial charge in [0.1, 0.15) is 18.3 Å². The van der Waals surface area contributed by atoms with Crippen LogP contribution in [0.4, 0.5) is 5.82 Å². The minimum atomic E-state index is -1.18. The molecular weight excluding hydrogens is 382 g/mol. The zero-order chi connectivity index (χ0) is 19.7. The highest BCUT2D eigenvalue weighted by molar-refractivity contribution is 7.99. The van der Waals surface area contributed by atoms with E-state index in [1.165, 1.54) is 25.6 Å². The summed E-state index contributed by atoms with van der Waals surface area (Å²) >= 11 is 1.68. The number of aliphatic hydroxyl groups is 3. The van der Waals surface area contributed by atoms with E-state index in [1.54, 1.807) is 16.3 Å². The number of imidazole rings is 1. The van der Waals surface area contributed by atoms with Crippen molar-refractivity contribution >= 4 is 28.7 Å². The molecule has 3 heterocycles. The van der Waals surface area contributed by atoms with Gasteiger partial charge in [-0.1, -0.05) is 31.0 Å². The highest BCUT2D eigenvalue weighted by Crippen LogP contribution is 2.36. The second kappa shape index (κ2) is 8.50. The van der Waals surface area contributed by atoms with Crippen molar-refractivity contribution in [2.45, 2.75) is 74.0 Å². The Bertz CT molecular complexity index is 813. The molecule has 0 bridgehead atoms. The molecule has 1 aliphatic heterocycles. The number of rotatable bonds is 6. The number of aliphatic hydroxyl groups excluding tert-OH is 3. The van der Waals surface area contributed by atoms with Crippen LogP contribution in [0, 0.1) is 0 Å². The molecule has 10 heteroatoms. The van der Waals surface area contributed by atoms with Crippen LogP contribution in [0.15, 0.2) is 11.5 Å². The summed E-state index contributed by atoms with van der Waals surface area (Å²) in [6, 6.07) is 0. The van der Waals surface area contributed by atoms with Crippen molar-refractivity contribution in [3.8, 4) is 0 Å². The van der Waals surface area contributed by atoms with Gasteiger partial charge in [0.05, 0.1) is 12.9 Å². The molecule has 2 unspecified atom stereocenters. The fraction of sp³-hybridized carbons (Fsp3) is 0.722. The van der Waals surface area contributed by atoms with Crippen molar-refractivity contribution in [1.82, 2.24) is 19.5 Å². The predicted octanol–water partition coefficient (Wildman–Crippen LogP) is 1.29. The molecule has 0 aromatic carbocycles. The molecule has 154 valence electrons. The standard InChI is InChI=1S/C18H27N5O4S/c1-2-19-15-12-16(22-18(21-15)28-10-6-4-3-5-7-10)23(9-20-12)17-14(26)13(25)11(8-24)27-17/h9-11,13-14,17,24-26H,2-8H2,1H3,(H,19,21,22)/t11-,13?,14?,17-/m1/s1. The van der Waals surface area contributed by atoms with Crippen LogP contribution in [-0.2, 0) is 4.74 Å². The molecule has 9 nitrogen and oxygen atoms in total. The summed E-state index contributed by atoms with van der Waals surface area (Å²) in [4.78, 5) is 13.8. The third-order valence-corrected chi connectivity index (χ3v) is 6.56. The molecule has 1 aliphatic carbocycles. The SMILES string of the molecule is CCNc1nc(SC2CCCCC2)nc2c1ncn2[C@@H]1O[C@H](CO)C(O)C1O. The monoisotopic (exact) mass is 409 g/mol. The number of ether oxygens (including phenoxy) is 1. The van der Waals surface area contributed by atoms with Gasteiger partial charge in [0.25, 0.3) is 0 Å². The quantitative estimate of drug-likeness (QED) is 0.522. The zero-order valence-electron chi connectivity index (χ0n) is 15.9. The molecule has 2 aromatic heterocycles. The van der Waals surface area contributed by atoms with Crippen molar-refractivity contribution in [3.05, 3.63) is 6.33 Å². The smallest absolute Gasteiger partial charge is 0.191 e. The van der Waals surface area contributed by atoms with Gasteiger partial charge in [0, 0.05) is 11.8 Å². The number of nitrogens with zero attached hydrogens (tertiary/aromatic N) is 4. The summed E-state index contributed by atoms with van der Waals surface area (Å²) in [6.45, 7) is 2.31. The molecule has 4 rings (SSSR count). The lowest BCUT2D eigenvalue weighted by Gasteiger charge is -2.20. The lowest BCUT2D eigenvalue weighted by Crippen LogP contribution is -2.33. The van der Waals surface area contributed by atoms with E-state index < -0.39 is 24.5 Å². The van der Waals surface area contributed by atoms with Crippen molar-refractivity contribution in [3.63, 3.8) is 0 Å². The van der Waals surface area contributed by atoms with Crippen LogP contribution in [-0.4, -0.2) is 71.6 Å². The molecule has 0 amide bonds. The lowest BCUT2D eigenvalue weighted by atomic mass is 10.0. The first-order chi connectivity index (χ1) is 13.6. The van der Waals surface area contributed by atoms with Crippen molar-refractivity contribution in [1.29, 1.82) is 0 Å². The van der Waals surface area contributed by atoms with Gasteiger partial charge >= 0.3 is 0 Å². The van der Waals surface area contributed by atoms with Gasteiger partial charge in [0.2, 0.25) is 0 Å². The average molecular weight is 410 g/mol. The molecule has 28 heavy (non-hydrogen) atoms. The van der Waals surface area contributed by atoms with Crippen molar-refractivity contribution in [2.75, 3.05) is 18.5 Å². The predicted molar refractivity (Wildman–Crippen MR) is 105 cm³/mol. The van der Waals surface area contributed by atoms with E-state index in [1.807, 2.05) is 6.92 Å². The number of fused-ring (bicyclic) bond motifs is 1. The van der Waals surface area contributed by atoms with E-state index in [2.05, 4.69) is 15.3 Å². The van der Waals surface area contributed by atoms with Crippen molar-refractivity contribution < 1.29 is 20.1 Å². The lowest BCUT2D eigenvalue weighted by molar-refractivity contribution is -0.0511. The highest BCUT2D eigenvalue weighted by atomic mass is 32.2. The first-order valence-electron chi connectivity index (χ1n) is 9.90. The van der Waals surface area contributed by atoms with Gasteiger partial charge in [-0.15, -0.1) is 0 Å². The molecule has 1 saturated heterocycles. The summed E-state index contributed by atoms with van der Waals surface area (Å²) in [7, 11) is 0. The van der Waals surface area contributed by atoms with E-state index in [0.29, 0.717) is 33.9 Å². The largest absolute Gasteiger partial charge is 0.394 e. The van der Waals surface area contributed by atoms with Gasteiger partial charge in [-0.05, 0) is 19.8 Å². The zero-order valence-corrected chi connectivity index (χ0v) is 16.7. The number of aromatic nitrogens is 4. The van der Waals surface area contributed by atoms with Gasteiger partial charge < -0.3 is 25.4 Å². The Kier molecular flexibility index (Phi) is 6.02. The van der Waals surface area contributed by atoms with Crippen molar-refractivity contribution in [2.24, 2.45) is 0 Å². The molecule has 4 atom stereocenters. The van der Waals surface area contributed by atoms with E-state index in [-0.39, 0.29) is 6.61 Å². The molecule has 2 fully saturated rings. The van der Waals surface area contributed by atoms with Gasteiger partial charge in [-0.3, -0.25) is 4.57 Å². The Morgan fingerprint density at radius 1 is 1.21 bits per heavy atom. The Hall–Kier alpha value is -1.46. The first-order valence-corrected chi connectivity index (χ1v) is 10.8. The second-order valence-corrected chi connectivity index (χ2v) is 8.58. The fourth-order valence-corrected chi connectivity index (χ4v) is 5.02. The Morgan fingerprint density at radius 3 is 2.68 bits per heavy atom. The Labute approximate surface area is 167 Å². The van der Waals surface area contributed by atoms with Crippen LogP contribution < -0.4 is 5.32 Å². The van der Waals surface area contributed by atoms with E-state index in [9.17, 15) is 15.3 Å². The number of nitrogens with one attached hydrogen (secondary N) is 1. The minimum absolute atomic E-state index is 0.373. The van der Waals surface area contributed by atoms with Crippen LogP contribution >= 0.6 is 11.8 Å². The Balaban J connectivity index is 1.69. The molecular formula is C18H27N5O4S. The molecule has 2 aromatic rings. The van der Waals surface area contributed by atoms with E-state index in [0.717, 1.165) is 12.8 Å². The van der Waals surface area contributed by atoms with Crippen LogP contribution in [0.1, 0.15) is 45.3 Å². The number of thioether (sulfide) groups is 1. The first kappa shape index (κ1) is 19.8. The van der Waals surface area contributed by atoms with Gasteiger partial charge in [-0.2, -0.15) is 0 Å². The van der Waals surface area contributed by atoms with Crippen LogP contribution in [0.3, 0.4) is 0 Å². The maximum Gasteiger partial charge on any atom is 0.191 e. The third kappa shape index (κ3) is 3.71. The highest BCUT2D eigenvalue weighted by Gasteiger charge is 2.44. The third-order valence-electron chi connectivity index (χ3n) is 5.36. The fourth-order valence-electron chi connectivity index (χ4n) is 3.87. The second-order valence-electron chi connectivity index (χ2n) is 7.32. The summed E-state index contributed by atoms with van der Waals surface area (Å²) in [6.07, 6.45) is 3.57. The normalized spacial score (nSPS) is 28.9. The van der Waals surface area contributed by atoms with Gasteiger partial charge in [0.15, 0.2) is 28.4 Å². The van der Waals surface area contributed by atoms with E-state index in [4.69, 9.17) is 9.72 Å². The summed E-state index contributed by atoms with van der Waals surface area (Å²) < 4.78 is 7.28. The van der Waals surface area contributed by atoms with E-state index >= 15 is 0 Å². The summed E-state index contributed by atoms with van der Waals surface area (Å²) in [5.74, 6) is 0.649. The molecule has 2 aliphatic rings. The number of hydrogen-bond donors (Lipinski definition) is 4.